The molecule has 0 aromatic heterocycles. The minimum atomic E-state index is 0.584. The highest BCUT2D eigenvalue weighted by molar-refractivity contribution is 5.56. The average Bonchev–Trinajstić information content (AvgIpc) is 2.52. The van der Waals surface area contributed by atoms with E-state index in [0.717, 1.165) is 31.1 Å². The Morgan fingerprint density at radius 1 is 1.20 bits per heavy atom. The number of anilines is 1. The molecule has 1 heterocycles. The molecule has 1 aliphatic rings. The van der Waals surface area contributed by atoms with Crippen LogP contribution in [-0.4, -0.2) is 39.9 Å². The Hall–Kier alpha value is -1.42. The zero-order valence-corrected chi connectivity index (χ0v) is 12.8. The van der Waals surface area contributed by atoms with Gasteiger partial charge in [-0.25, -0.2) is 0 Å². The number of benzene rings is 1. The van der Waals surface area contributed by atoms with Crippen molar-refractivity contribution in [1.29, 1.82) is 0 Å². The number of ether oxygens (including phenoxy) is 2. The fourth-order valence-corrected chi connectivity index (χ4v) is 2.70. The Morgan fingerprint density at radius 2 is 1.90 bits per heavy atom. The predicted molar refractivity (Wildman–Crippen MR) is 83.1 cm³/mol. The molecule has 112 valence electrons. The van der Waals surface area contributed by atoms with Crippen molar-refractivity contribution in [3.8, 4) is 11.5 Å². The SMILES string of the molecule is CCCNC1CCCN(c2cc(OC)cc(OC)c2)C1. The van der Waals surface area contributed by atoms with E-state index >= 15 is 0 Å². The number of nitrogens with zero attached hydrogens (tertiary/aromatic N) is 1. The van der Waals surface area contributed by atoms with Gasteiger partial charge >= 0.3 is 0 Å². The van der Waals surface area contributed by atoms with Crippen molar-refractivity contribution in [3.05, 3.63) is 18.2 Å². The summed E-state index contributed by atoms with van der Waals surface area (Å²) in [6, 6.07) is 6.68. The molecule has 4 heteroatoms. The minimum Gasteiger partial charge on any atom is -0.497 e. The Labute approximate surface area is 122 Å². The molecule has 1 aromatic rings. The fraction of sp³-hybridized carbons (Fsp3) is 0.625. The van der Waals surface area contributed by atoms with Crippen molar-refractivity contribution >= 4 is 5.69 Å². The summed E-state index contributed by atoms with van der Waals surface area (Å²) in [5, 5.41) is 3.62. The van der Waals surface area contributed by atoms with E-state index in [1.807, 2.05) is 6.07 Å². The number of hydrogen-bond acceptors (Lipinski definition) is 4. The molecule has 0 radical (unpaired) electrons. The maximum absolute atomic E-state index is 5.36. The third-order valence-electron chi connectivity index (χ3n) is 3.81. The Morgan fingerprint density at radius 3 is 2.50 bits per heavy atom. The lowest BCUT2D eigenvalue weighted by atomic mass is 10.0. The summed E-state index contributed by atoms with van der Waals surface area (Å²) >= 11 is 0. The van der Waals surface area contributed by atoms with Crippen LogP contribution in [0.15, 0.2) is 18.2 Å². The van der Waals surface area contributed by atoms with Crippen LogP contribution in [0, 0.1) is 0 Å². The van der Waals surface area contributed by atoms with E-state index in [9.17, 15) is 0 Å². The summed E-state index contributed by atoms with van der Waals surface area (Å²) in [5.74, 6) is 1.70. The molecule has 0 amide bonds. The second kappa shape index (κ2) is 7.39. The predicted octanol–water partition coefficient (Wildman–Crippen LogP) is 2.67. The fourth-order valence-electron chi connectivity index (χ4n) is 2.70. The zero-order chi connectivity index (χ0) is 14.4. The first-order valence-electron chi connectivity index (χ1n) is 7.48. The molecule has 1 saturated heterocycles. The molecular formula is C16H26N2O2. The molecule has 1 N–H and O–H groups in total. The first kappa shape index (κ1) is 15.0. The molecule has 2 rings (SSSR count). The van der Waals surface area contributed by atoms with Crippen LogP contribution >= 0.6 is 0 Å². The zero-order valence-electron chi connectivity index (χ0n) is 12.8. The van der Waals surface area contributed by atoms with E-state index in [1.165, 1.54) is 24.9 Å². The molecule has 20 heavy (non-hydrogen) atoms. The highest BCUT2D eigenvalue weighted by Gasteiger charge is 2.20. The summed E-state index contributed by atoms with van der Waals surface area (Å²) in [6.45, 7) is 5.46. The summed E-state index contributed by atoms with van der Waals surface area (Å²) < 4.78 is 10.7. The molecule has 1 atom stereocenters. The minimum absolute atomic E-state index is 0.584. The molecule has 0 bridgehead atoms. The Bertz CT molecular complexity index is 401. The maximum Gasteiger partial charge on any atom is 0.124 e. The van der Waals surface area contributed by atoms with Crippen molar-refractivity contribution in [1.82, 2.24) is 5.32 Å². The standard InChI is InChI=1S/C16H26N2O2/c1-4-7-17-13-6-5-8-18(12-13)14-9-15(19-2)11-16(10-14)20-3/h9-11,13,17H,4-8,12H2,1-3H3. The quantitative estimate of drug-likeness (QED) is 0.867. The third kappa shape index (κ3) is 3.79. The molecule has 0 saturated carbocycles. The maximum atomic E-state index is 5.36. The number of methoxy groups -OCH3 is 2. The van der Waals surface area contributed by atoms with Crippen LogP contribution in [0.5, 0.6) is 11.5 Å². The van der Waals surface area contributed by atoms with Gasteiger partial charge in [0.25, 0.3) is 0 Å². The molecule has 1 aliphatic heterocycles. The van der Waals surface area contributed by atoms with E-state index in [2.05, 4.69) is 29.3 Å². The molecule has 1 fully saturated rings. The third-order valence-corrected chi connectivity index (χ3v) is 3.81. The first-order valence-corrected chi connectivity index (χ1v) is 7.48. The van der Waals surface area contributed by atoms with Gasteiger partial charge in [0.15, 0.2) is 0 Å². The normalized spacial score (nSPS) is 18.9. The molecule has 4 nitrogen and oxygen atoms in total. The van der Waals surface area contributed by atoms with E-state index in [0.29, 0.717) is 6.04 Å². The number of nitrogens with one attached hydrogen (secondary N) is 1. The van der Waals surface area contributed by atoms with Gasteiger partial charge in [-0.1, -0.05) is 6.92 Å². The molecular weight excluding hydrogens is 252 g/mol. The smallest absolute Gasteiger partial charge is 0.124 e. The molecule has 1 aromatic carbocycles. The van der Waals surface area contributed by atoms with E-state index in [1.54, 1.807) is 14.2 Å². The van der Waals surface area contributed by atoms with Crippen LogP contribution < -0.4 is 19.7 Å². The van der Waals surface area contributed by atoms with E-state index in [4.69, 9.17) is 9.47 Å². The van der Waals surface area contributed by atoms with Gasteiger partial charge in [0.05, 0.1) is 14.2 Å². The molecule has 0 spiro atoms. The lowest BCUT2D eigenvalue weighted by Gasteiger charge is -2.35. The monoisotopic (exact) mass is 278 g/mol. The van der Waals surface area contributed by atoms with Crippen LogP contribution in [0.4, 0.5) is 5.69 Å². The summed E-state index contributed by atoms with van der Waals surface area (Å²) in [4.78, 5) is 2.42. The van der Waals surface area contributed by atoms with Gasteiger partial charge < -0.3 is 19.7 Å². The topological polar surface area (TPSA) is 33.7 Å². The summed E-state index contributed by atoms with van der Waals surface area (Å²) in [7, 11) is 3.39. The first-order chi connectivity index (χ1) is 9.76. The number of piperidine rings is 1. The van der Waals surface area contributed by atoms with Crippen molar-refractivity contribution < 1.29 is 9.47 Å². The van der Waals surface area contributed by atoms with Crippen LogP contribution in [0.2, 0.25) is 0 Å². The van der Waals surface area contributed by atoms with Gasteiger partial charge in [-0.05, 0) is 25.8 Å². The van der Waals surface area contributed by atoms with Crippen molar-refractivity contribution in [2.45, 2.75) is 32.2 Å². The van der Waals surface area contributed by atoms with Crippen molar-refractivity contribution in [2.75, 3.05) is 38.8 Å². The molecule has 1 unspecified atom stereocenters. The van der Waals surface area contributed by atoms with Gasteiger partial charge in [-0.15, -0.1) is 0 Å². The second-order valence-corrected chi connectivity index (χ2v) is 5.31. The van der Waals surface area contributed by atoms with Gasteiger partial charge in [0, 0.05) is 43.0 Å². The van der Waals surface area contributed by atoms with E-state index < -0.39 is 0 Å². The van der Waals surface area contributed by atoms with Crippen LogP contribution in [0.1, 0.15) is 26.2 Å². The van der Waals surface area contributed by atoms with Gasteiger partial charge in [-0.2, -0.15) is 0 Å². The van der Waals surface area contributed by atoms with E-state index in [-0.39, 0.29) is 0 Å². The van der Waals surface area contributed by atoms with Crippen LogP contribution in [0.3, 0.4) is 0 Å². The Kier molecular flexibility index (Phi) is 5.53. The van der Waals surface area contributed by atoms with Gasteiger partial charge in [0.1, 0.15) is 11.5 Å². The van der Waals surface area contributed by atoms with Crippen LogP contribution in [0.25, 0.3) is 0 Å². The van der Waals surface area contributed by atoms with Crippen molar-refractivity contribution in [2.24, 2.45) is 0 Å². The van der Waals surface area contributed by atoms with Gasteiger partial charge in [-0.3, -0.25) is 0 Å². The Balaban J connectivity index is 2.09. The molecule has 0 aliphatic carbocycles. The highest BCUT2D eigenvalue weighted by Crippen LogP contribution is 2.30. The summed E-state index contributed by atoms with van der Waals surface area (Å²) in [5.41, 5.74) is 1.18. The van der Waals surface area contributed by atoms with Gasteiger partial charge in [0.2, 0.25) is 0 Å². The average molecular weight is 278 g/mol. The number of hydrogen-bond donors (Lipinski definition) is 1. The largest absolute Gasteiger partial charge is 0.497 e. The van der Waals surface area contributed by atoms with Crippen LogP contribution in [-0.2, 0) is 0 Å². The lowest BCUT2D eigenvalue weighted by molar-refractivity contribution is 0.392. The van der Waals surface area contributed by atoms with Crippen molar-refractivity contribution in [3.63, 3.8) is 0 Å². The highest BCUT2D eigenvalue weighted by atomic mass is 16.5. The number of rotatable bonds is 6. The lowest BCUT2D eigenvalue weighted by Crippen LogP contribution is -2.46. The summed E-state index contributed by atoms with van der Waals surface area (Å²) in [6.07, 6.45) is 3.67. The second-order valence-electron chi connectivity index (χ2n) is 5.31.